The first-order valence-corrected chi connectivity index (χ1v) is 12.3. The number of nitrogens with one attached hydrogen (secondary N) is 2. The lowest BCUT2D eigenvalue weighted by Crippen LogP contribution is -2.58. The molecule has 10 nitrogen and oxygen atoms in total. The van der Waals surface area contributed by atoms with Gasteiger partial charge in [0.25, 0.3) is 0 Å². The van der Waals surface area contributed by atoms with E-state index in [0.717, 1.165) is 12.8 Å². The molecule has 1 saturated carbocycles. The maximum Gasteiger partial charge on any atom is 0.410 e. The van der Waals surface area contributed by atoms with Gasteiger partial charge < -0.3 is 20.2 Å². The largest absolute Gasteiger partial charge is 0.465 e. The van der Waals surface area contributed by atoms with E-state index in [2.05, 4.69) is 15.6 Å². The molecule has 1 aliphatic carbocycles. The third-order valence-corrected chi connectivity index (χ3v) is 6.76. The Morgan fingerprint density at radius 1 is 1.08 bits per heavy atom. The summed E-state index contributed by atoms with van der Waals surface area (Å²) >= 11 is 0. The SMILES string of the molecule is CCc1cc(NC(=O)C(=O)N2C[C@H](C)N(C(=O)CC3CC3)C[C@H]2c2ccc(F)cc2)cnc1NC(=O)O. The van der Waals surface area contributed by atoms with Crippen LogP contribution in [0.1, 0.15) is 50.3 Å². The van der Waals surface area contributed by atoms with E-state index in [-0.39, 0.29) is 36.5 Å². The highest BCUT2D eigenvalue weighted by Crippen LogP contribution is 2.35. The zero-order valence-corrected chi connectivity index (χ0v) is 20.7. The number of hydrogen-bond donors (Lipinski definition) is 3. The number of rotatable bonds is 6. The monoisotopic (exact) mass is 511 g/mol. The van der Waals surface area contributed by atoms with Crippen LogP contribution in [-0.2, 0) is 20.8 Å². The molecule has 2 heterocycles. The lowest BCUT2D eigenvalue weighted by Gasteiger charge is -2.45. The molecule has 0 unspecified atom stereocenters. The normalized spacial score (nSPS) is 19.3. The van der Waals surface area contributed by atoms with E-state index in [1.807, 2.05) is 6.92 Å². The predicted molar refractivity (Wildman–Crippen MR) is 133 cm³/mol. The van der Waals surface area contributed by atoms with Crippen LogP contribution in [0.5, 0.6) is 0 Å². The van der Waals surface area contributed by atoms with Gasteiger partial charge in [-0.3, -0.25) is 19.7 Å². The number of hydrogen-bond acceptors (Lipinski definition) is 5. The molecule has 4 amide bonds. The first-order chi connectivity index (χ1) is 17.7. The summed E-state index contributed by atoms with van der Waals surface area (Å²) < 4.78 is 13.6. The van der Waals surface area contributed by atoms with E-state index in [1.165, 1.54) is 23.2 Å². The lowest BCUT2D eigenvalue weighted by molar-refractivity contribution is -0.151. The number of pyridine rings is 1. The second-order valence-electron chi connectivity index (χ2n) is 9.54. The summed E-state index contributed by atoms with van der Waals surface area (Å²) in [6, 6.07) is 6.33. The van der Waals surface area contributed by atoms with E-state index in [4.69, 9.17) is 5.11 Å². The van der Waals surface area contributed by atoms with Crippen molar-refractivity contribution in [3.05, 3.63) is 53.5 Å². The number of halogens is 1. The molecule has 2 aliphatic rings. The Bertz CT molecular complexity index is 1200. The molecule has 37 heavy (non-hydrogen) atoms. The molecule has 0 radical (unpaired) electrons. The molecule has 196 valence electrons. The molecule has 0 spiro atoms. The van der Waals surface area contributed by atoms with Crippen LogP contribution in [0.3, 0.4) is 0 Å². The molecule has 3 N–H and O–H groups in total. The van der Waals surface area contributed by atoms with Crippen LogP contribution in [0.25, 0.3) is 0 Å². The van der Waals surface area contributed by atoms with E-state index >= 15 is 0 Å². The molecular formula is C26H30FN5O5. The number of piperazine rings is 1. The number of aryl methyl sites for hydroxylation is 1. The van der Waals surface area contributed by atoms with Gasteiger partial charge in [-0.1, -0.05) is 19.1 Å². The third-order valence-electron chi connectivity index (χ3n) is 6.76. The number of aromatic nitrogens is 1. The van der Waals surface area contributed by atoms with Crippen molar-refractivity contribution >= 4 is 35.3 Å². The van der Waals surface area contributed by atoms with Crippen LogP contribution in [0.2, 0.25) is 0 Å². The van der Waals surface area contributed by atoms with Gasteiger partial charge in [0.05, 0.1) is 17.9 Å². The number of carbonyl (C=O) groups excluding carboxylic acids is 3. The van der Waals surface area contributed by atoms with Crippen molar-refractivity contribution in [2.45, 2.75) is 51.6 Å². The fraction of sp³-hybridized carbons (Fsp3) is 0.423. The standard InChI is InChI=1S/C26H30FN5O5/c1-3-17-11-20(12-28-23(17)30-26(36)37)29-24(34)25(35)32-13-15(2)31(22(33)10-16-4-5-16)14-21(32)18-6-8-19(27)9-7-18/h6-9,11-12,15-16,21H,3-5,10,13-14H2,1-2H3,(H,28,30)(H,29,34)(H,36,37)/t15-,21-/m0/s1. The highest BCUT2D eigenvalue weighted by atomic mass is 19.1. The fourth-order valence-electron chi connectivity index (χ4n) is 4.58. The van der Waals surface area contributed by atoms with Crippen LogP contribution in [0.4, 0.5) is 20.7 Å². The van der Waals surface area contributed by atoms with Crippen molar-refractivity contribution in [3.8, 4) is 0 Å². The minimum absolute atomic E-state index is 0.0203. The lowest BCUT2D eigenvalue weighted by atomic mass is 9.98. The summed E-state index contributed by atoms with van der Waals surface area (Å²) in [5.41, 5.74) is 1.42. The van der Waals surface area contributed by atoms with Crippen molar-refractivity contribution in [3.63, 3.8) is 0 Å². The van der Waals surface area contributed by atoms with Gasteiger partial charge in [0.2, 0.25) is 5.91 Å². The maximum absolute atomic E-state index is 13.6. The smallest absolute Gasteiger partial charge is 0.410 e. The number of anilines is 2. The second kappa shape index (κ2) is 10.9. The van der Waals surface area contributed by atoms with E-state index < -0.39 is 29.8 Å². The molecule has 1 saturated heterocycles. The van der Waals surface area contributed by atoms with Gasteiger partial charge in [0, 0.05) is 25.6 Å². The number of carbonyl (C=O) groups is 4. The molecule has 4 rings (SSSR count). The summed E-state index contributed by atoms with van der Waals surface area (Å²) in [7, 11) is 0. The molecule has 2 aromatic rings. The third kappa shape index (κ3) is 6.22. The Labute approximate surface area is 213 Å². The van der Waals surface area contributed by atoms with Gasteiger partial charge in [0.1, 0.15) is 11.6 Å². The zero-order valence-electron chi connectivity index (χ0n) is 20.7. The Morgan fingerprint density at radius 3 is 2.41 bits per heavy atom. The zero-order chi connectivity index (χ0) is 26.7. The summed E-state index contributed by atoms with van der Waals surface area (Å²) in [5, 5.41) is 13.7. The second-order valence-corrected chi connectivity index (χ2v) is 9.54. The first-order valence-electron chi connectivity index (χ1n) is 12.3. The van der Waals surface area contributed by atoms with Crippen molar-refractivity contribution in [2.24, 2.45) is 5.92 Å². The van der Waals surface area contributed by atoms with Crippen molar-refractivity contribution in [2.75, 3.05) is 23.7 Å². The molecule has 1 aromatic heterocycles. The molecule has 1 aromatic carbocycles. The van der Waals surface area contributed by atoms with E-state index in [9.17, 15) is 23.6 Å². The average molecular weight is 512 g/mol. The summed E-state index contributed by atoms with van der Waals surface area (Å²) in [5.74, 6) is -1.53. The number of nitrogens with zero attached hydrogens (tertiary/aromatic N) is 3. The quantitative estimate of drug-likeness (QED) is 0.510. The van der Waals surface area contributed by atoms with Gasteiger partial charge in [-0.15, -0.1) is 0 Å². The average Bonchev–Trinajstić information content (AvgIpc) is 3.68. The molecule has 11 heteroatoms. The number of benzene rings is 1. The Balaban J connectivity index is 1.54. The van der Waals surface area contributed by atoms with Crippen LogP contribution in [-0.4, -0.2) is 62.8 Å². The van der Waals surface area contributed by atoms with Crippen LogP contribution in [0.15, 0.2) is 36.5 Å². The Morgan fingerprint density at radius 2 is 1.78 bits per heavy atom. The minimum atomic E-state index is -1.26. The van der Waals surface area contributed by atoms with Gasteiger partial charge in [-0.25, -0.2) is 14.2 Å². The van der Waals surface area contributed by atoms with Crippen LogP contribution >= 0.6 is 0 Å². The molecular weight excluding hydrogens is 481 g/mol. The van der Waals surface area contributed by atoms with Gasteiger partial charge >= 0.3 is 17.9 Å². The van der Waals surface area contributed by atoms with Gasteiger partial charge in [-0.2, -0.15) is 0 Å². The first kappa shape index (κ1) is 26.1. The predicted octanol–water partition coefficient (Wildman–Crippen LogP) is 3.41. The highest BCUT2D eigenvalue weighted by Gasteiger charge is 2.40. The van der Waals surface area contributed by atoms with Crippen molar-refractivity contribution in [1.29, 1.82) is 0 Å². The van der Waals surface area contributed by atoms with Crippen molar-refractivity contribution in [1.82, 2.24) is 14.8 Å². The Kier molecular flexibility index (Phi) is 7.70. The van der Waals surface area contributed by atoms with Gasteiger partial charge in [-0.05, 0) is 61.4 Å². The number of amides is 4. The van der Waals surface area contributed by atoms with Crippen LogP contribution in [0, 0.1) is 11.7 Å². The maximum atomic E-state index is 13.6. The van der Waals surface area contributed by atoms with Gasteiger partial charge in [0.15, 0.2) is 0 Å². The fourth-order valence-corrected chi connectivity index (χ4v) is 4.58. The molecule has 1 aliphatic heterocycles. The van der Waals surface area contributed by atoms with Crippen molar-refractivity contribution < 1.29 is 28.7 Å². The summed E-state index contributed by atoms with van der Waals surface area (Å²) in [4.78, 5) is 57.5. The van der Waals surface area contributed by atoms with Crippen LogP contribution < -0.4 is 10.6 Å². The Hall–Kier alpha value is -4.02. The molecule has 2 fully saturated rings. The minimum Gasteiger partial charge on any atom is -0.465 e. The van der Waals surface area contributed by atoms with E-state index in [1.54, 1.807) is 30.0 Å². The van der Waals surface area contributed by atoms with E-state index in [0.29, 0.717) is 29.9 Å². The summed E-state index contributed by atoms with van der Waals surface area (Å²) in [6.45, 7) is 3.99. The molecule has 0 bridgehead atoms. The number of carboxylic acid groups (broad SMARTS) is 1. The highest BCUT2D eigenvalue weighted by molar-refractivity contribution is 6.39. The molecule has 2 atom stereocenters. The summed E-state index contributed by atoms with van der Waals surface area (Å²) in [6.07, 6.45) is 3.01. The topological polar surface area (TPSA) is 132 Å².